The molecule has 1 aromatic carbocycles. The van der Waals surface area contributed by atoms with Crippen LogP contribution in [0, 0.1) is 10.1 Å². The second-order valence-corrected chi connectivity index (χ2v) is 3.77. The van der Waals surface area contributed by atoms with Crippen molar-refractivity contribution in [2.24, 2.45) is 0 Å². The van der Waals surface area contributed by atoms with Gasteiger partial charge in [-0.15, -0.1) is 0 Å². The number of nitro benzene ring substituents is 1. The van der Waals surface area contributed by atoms with Crippen LogP contribution in [0.5, 0.6) is 0 Å². The van der Waals surface area contributed by atoms with E-state index < -0.39 is 0 Å². The predicted octanol–water partition coefficient (Wildman–Crippen LogP) is 1.82. The van der Waals surface area contributed by atoms with E-state index in [0.717, 1.165) is 0 Å². The molecule has 1 rings (SSSR count). The molecule has 0 fully saturated rings. The van der Waals surface area contributed by atoms with Gasteiger partial charge in [-0.25, -0.2) is 0 Å². The van der Waals surface area contributed by atoms with Crippen LogP contribution in [0.4, 0.5) is 5.69 Å². The summed E-state index contributed by atoms with van der Waals surface area (Å²) in [6.45, 7) is 0.102. The van der Waals surface area contributed by atoms with Crippen molar-refractivity contribution >= 4 is 17.4 Å². The van der Waals surface area contributed by atoms with Crippen LogP contribution in [-0.2, 0) is 5.75 Å². The monoisotopic (exact) mass is 213 g/mol. The highest BCUT2D eigenvalue weighted by Gasteiger charge is 2.11. The Balaban J connectivity index is 2.69. The van der Waals surface area contributed by atoms with Gasteiger partial charge in [-0.2, -0.15) is 11.8 Å². The lowest BCUT2D eigenvalue weighted by Gasteiger charge is -2.01. The van der Waals surface area contributed by atoms with Crippen molar-refractivity contribution in [2.75, 3.05) is 12.4 Å². The van der Waals surface area contributed by atoms with E-state index in [1.165, 1.54) is 17.8 Å². The van der Waals surface area contributed by atoms with E-state index in [2.05, 4.69) is 0 Å². The number of thioether (sulfide) groups is 1. The van der Waals surface area contributed by atoms with Crippen LogP contribution >= 0.6 is 11.8 Å². The van der Waals surface area contributed by atoms with Crippen LogP contribution in [-0.4, -0.2) is 22.4 Å². The largest absolute Gasteiger partial charge is 0.396 e. The number of rotatable bonds is 5. The summed E-state index contributed by atoms with van der Waals surface area (Å²) in [4.78, 5) is 10.2. The van der Waals surface area contributed by atoms with Crippen molar-refractivity contribution in [3.05, 3.63) is 39.9 Å². The number of nitro groups is 1. The molecule has 0 atom stereocenters. The molecule has 0 saturated heterocycles. The van der Waals surface area contributed by atoms with E-state index in [1.807, 2.05) is 0 Å². The number of para-hydroxylation sites is 1. The molecular formula is C9H11NO3S. The molecule has 5 heteroatoms. The normalized spacial score (nSPS) is 10.1. The molecule has 0 bridgehead atoms. The number of aliphatic hydroxyl groups excluding tert-OH is 1. The Morgan fingerprint density at radius 2 is 2.14 bits per heavy atom. The van der Waals surface area contributed by atoms with Gasteiger partial charge >= 0.3 is 0 Å². The summed E-state index contributed by atoms with van der Waals surface area (Å²) in [6, 6.07) is 6.66. The lowest BCUT2D eigenvalue weighted by molar-refractivity contribution is -0.385. The SMILES string of the molecule is O=[N+]([O-])c1ccccc1CSCCO. The summed E-state index contributed by atoms with van der Waals surface area (Å²) in [5, 5.41) is 19.2. The lowest BCUT2D eigenvalue weighted by Crippen LogP contribution is -1.94. The van der Waals surface area contributed by atoms with Crippen molar-refractivity contribution in [2.45, 2.75) is 5.75 Å². The molecule has 4 nitrogen and oxygen atoms in total. The van der Waals surface area contributed by atoms with Gasteiger partial charge < -0.3 is 5.11 Å². The standard InChI is InChI=1S/C9H11NO3S/c11-5-6-14-7-8-3-1-2-4-9(8)10(12)13/h1-4,11H,5-7H2. The number of hydrogen-bond acceptors (Lipinski definition) is 4. The fraction of sp³-hybridized carbons (Fsp3) is 0.333. The first-order chi connectivity index (χ1) is 6.75. The molecule has 1 aromatic rings. The molecule has 0 aliphatic heterocycles. The summed E-state index contributed by atoms with van der Waals surface area (Å²) in [5.74, 6) is 1.17. The molecule has 0 saturated carbocycles. The average Bonchev–Trinajstić information content (AvgIpc) is 2.19. The molecule has 76 valence electrons. The Kier molecular flexibility index (Phi) is 4.42. The zero-order chi connectivity index (χ0) is 10.4. The van der Waals surface area contributed by atoms with E-state index in [9.17, 15) is 10.1 Å². The van der Waals surface area contributed by atoms with Gasteiger partial charge in [0.1, 0.15) is 0 Å². The van der Waals surface area contributed by atoms with Gasteiger partial charge in [0.25, 0.3) is 5.69 Å². The van der Waals surface area contributed by atoms with Crippen molar-refractivity contribution in [1.82, 2.24) is 0 Å². The number of benzene rings is 1. The van der Waals surface area contributed by atoms with Gasteiger partial charge in [0.15, 0.2) is 0 Å². The Morgan fingerprint density at radius 1 is 1.43 bits per heavy atom. The Hall–Kier alpha value is -1.07. The fourth-order valence-electron chi connectivity index (χ4n) is 1.06. The van der Waals surface area contributed by atoms with Crippen LogP contribution in [0.3, 0.4) is 0 Å². The molecule has 0 aliphatic carbocycles. The van der Waals surface area contributed by atoms with Crippen LogP contribution in [0.15, 0.2) is 24.3 Å². The Bertz CT molecular complexity index is 317. The molecule has 14 heavy (non-hydrogen) atoms. The highest BCUT2D eigenvalue weighted by molar-refractivity contribution is 7.98. The molecule has 1 N–H and O–H groups in total. The van der Waals surface area contributed by atoms with E-state index >= 15 is 0 Å². The second kappa shape index (κ2) is 5.62. The van der Waals surface area contributed by atoms with Gasteiger partial charge in [0, 0.05) is 23.1 Å². The summed E-state index contributed by atoms with van der Waals surface area (Å²) >= 11 is 1.48. The second-order valence-electron chi connectivity index (χ2n) is 2.66. The van der Waals surface area contributed by atoms with Crippen LogP contribution in [0.2, 0.25) is 0 Å². The maximum absolute atomic E-state index is 10.6. The van der Waals surface area contributed by atoms with Gasteiger partial charge in [0.05, 0.1) is 11.5 Å². The third-order valence-electron chi connectivity index (χ3n) is 1.68. The maximum Gasteiger partial charge on any atom is 0.273 e. The van der Waals surface area contributed by atoms with Crippen LogP contribution in [0.1, 0.15) is 5.56 Å². The van der Waals surface area contributed by atoms with Crippen molar-refractivity contribution < 1.29 is 10.0 Å². The summed E-state index contributed by atoms with van der Waals surface area (Å²) in [7, 11) is 0. The molecule has 0 unspecified atom stereocenters. The first-order valence-electron chi connectivity index (χ1n) is 4.16. The van der Waals surface area contributed by atoms with Crippen molar-refractivity contribution in [3.8, 4) is 0 Å². The van der Waals surface area contributed by atoms with Crippen LogP contribution in [0.25, 0.3) is 0 Å². The molecular weight excluding hydrogens is 202 g/mol. The third-order valence-corrected chi connectivity index (χ3v) is 2.67. The minimum atomic E-state index is -0.380. The highest BCUT2D eigenvalue weighted by atomic mass is 32.2. The zero-order valence-corrected chi connectivity index (χ0v) is 8.37. The Labute approximate surface area is 86.1 Å². The predicted molar refractivity (Wildman–Crippen MR) is 56.3 cm³/mol. The molecule has 0 aromatic heterocycles. The maximum atomic E-state index is 10.6. The number of aliphatic hydroxyl groups is 1. The first kappa shape index (κ1) is 11.0. The third kappa shape index (κ3) is 3.01. The zero-order valence-electron chi connectivity index (χ0n) is 7.55. The van der Waals surface area contributed by atoms with E-state index in [-0.39, 0.29) is 17.2 Å². The van der Waals surface area contributed by atoms with Crippen molar-refractivity contribution in [3.63, 3.8) is 0 Å². The fourth-order valence-corrected chi connectivity index (χ4v) is 1.80. The summed E-state index contributed by atoms with van der Waals surface area (Å²) in [6.07, 6.45) is 0. The van der Waals surface area contributed by atoms with Gasteiger partial charge in [-0.3, -0.25) is 10.1 Å². The number of nitrogens with zero attached hydrogens (tertiary/aromatic N) is 1. The summed E-state index contributed by atoms with van der Waals surface area (Å²) in [5.41, 5.74) is 0.855. The van der Waals surface area contributed by atoms with Gasteiger partial charge in [-0.1, -0.05) is 18.2 Å². The molecule has 0 radical (unpaired) electrons. The minimum absolute atomic E-state index is 0.102. The van der Waals surface area contributed by atoms with Crippen LogP contribution < -0.4 is 0 Å². The lowest BCUT2D eigenvalue weighted by atomic mass is 10.2. The number of hydrogen-bond donors (Lipinski definition) is 1. The minimum Gasteiger partial charge on any atom is -0.396 e. The van der Waals surface area contributed by atoms with E-state index in [0.29, 0.717) is 17.1 Å². The van der Waals surface area contributed by atoms with E-state index in [1.54, 1.807) is 18.2 Å². The molecule has 0 aliphatic rings. The molecule has 0 spiro atoms. The summed E-state index contributed by atoms with van der Waals surface area (Å²) < 4.78 is 0. The van der Waals surface area contributed by atoms with Gasteiger partial charge in [-0.05, 0) is 0 Å². The smallest absolute Gasteiger partial charge is 0.273 e. The average molecular weight is 213 g/mol. The molecule has 0 amide bonds. The molecule has 0 heterocycles. The quantitative estimate of drug-likeness (QED) is 0.460. The van der Waals surface area contributed by atoms with Crippen molar-refractivity contribution in [1.29, 1.82) is 0 Å². The van der Waals surface area contributed by atoms with Gasteiger partial charge in [0.2, 0.25) is 0 Å². The van der Waals surface area contributed by atoms with E-state index in [4.69, 9.17) is 5.11 Å². The first-order valence-corrected chi connectivity index (χ1v) is 5.32. The Morgan fingerprint density at radius 3 is 2.79 bits per heavy atom. The highest BCUT2D eigenvalue weighted by Crippen LogP contribution is 2.22. The topological polar surface area (TPSA) is 63.4 Å².